The lowest BCUT2D eigenvalue weighted by atomic mass is 10.4. The molecule has 1 fully saturated rings. The van der Waals surface area contributed by atoms with Crippen LogP contribution in [0, 0.1) is 0 Å². The van der Waals surface area contributed by atoms with Crippen molar-refractivity contribution in [2.45, 2.75) is 0 Å². The fourth-order valence-electron chi connectivity index (χ4n) is 1.40. The average molecular weight is 332 g/mol. The van der Waals surface area contributed by atoms with Gasteiger partial charge in [0.05, 0.1) is 12.8 Å². The minimum atomic E-state index is -3.06. The van der Waals surface area contributed by atoms with Crippen LogP contribution in [-0.2, 0) is 14.8 Å². The lowest BCUT2D eigenvalue weighted by molar-refractivity contribution is -0.110. The van der Waals surface area contributed by atoms with Gasteiger partial charge in [0.1, 0.15) is 0 Å². The second kappa shape index (κ2) is 4.86. The van der Waals surface area contributed by atoms with E-state index in [1.165, 1.54) is 10.6 Å². The molecule has 0 saturated carbocycles. The predicted molar refractivity (Wildman–Crippen MR) is 61.9 cm³/mol. The number of piperazine rings is 1. The molecule has 14 heavy (non-hydrogen) atoms. The molecule has 0 atom stereocenters. The highest BCUT2D eigenvalue weighted by atomic mass is 127. The third-order valence-corrected chi connectivity index (χ3v) is 3.79. The van der Waals surface area contributed by atoms with E-state index in [9.17, 15) is 13.2 Å². The molecule has 0 aromatic carbocycles. The minimum Gasteiger partial charge on any atom is -0.293 e. The summed E-state index contributed by atoms with van der Waals surface area (Å²) < 4.78 is 23.8. The average Bonchev–Trinajstić information content (AvgIpc) is 2.02. The molecule has 5 nitrogen and oxygen atoms in total. The fourth-order valence-corrected chi connectivity index (χ4v) is 2.70. The third-order valence-electron chi connectivity index (χ3n) is 2.15. The molecule has 0 unspecified atom stereocenters. The van der Waals surface area contributed by atoms with Gasteiger partial charge in [-0.1, -0.05) is 0 Å². The molecular weight excluding hydrogens is 319 g/mol. The normalized spacial score (nSPS) is 21.0. The molecule has 0 spiro atoms. The third kappa shape index (κ3) is 3.79. The van der Waals surface area contributed by atoms with Crippen molar-refractivity contribution in [2.24, 2.45) is 0 Å². The number of halogens is 1. The van der Waals surface area contributed by atoms with Crippen LogP contribution in [0.4, 0.5) is 0 Å². The summed E-state index contributed by atoms with van der Waals surface area (Å²) in [5.41, 5.74) is 0. The Morgan fingerprint density at radius 3 is 2.14 bits per heavy atom. The summed E-state index contributed by atoms with van der Waals surface area (Å²) in [5.74, 6) is 0. The van der Waals surface area contributed by atoms with Crippen molar-refractivity contribution in [1.29, 1.82) is 0 Å². The van der Waals surface area contributed by atoms with E-state index in [4.69, 9.17) is 0 Å². The standard InChI is InChI=1S/C7H13IN2O3S/c1-14(12,13)10-4-2-9(3-5-10)6-7(8)11/h2-6H2,1H3. The number of sulfonamides is 1. The quantitative estimate of drug-likeness (QED) is 0.518. The summed E-state index contributed by atoms with van der Waals surface area (Å²) in [6, 6.07) is 0. The maximum atomic E-state index is 11.2. The molecule has 7 heteroatoms. The van der Waals surface area contributed by atoms with Gasteiger partial charge in [-0.05, 0) is 0 Å². The van der Waals surface area contributed by atoms with Gasteiger partial charge in [-0.15, -0.1) is 0 Å². The highest BCUT2D eigenvalue weighted by Gasteiger charge is 2.23. The smallest absolute Gasteiger partial charge is 0.211 e. The topological polar surface area (TPSA) is 57.7 Å². The van der Waals surface area contributed by atoms with Crippen molar-refractivity contribution in [3.05, 3.63) is 0 Å². The Balaban J connectivity index is 2.43. The molecular formula is C7H13IN2O3S. The molecule has 0 aliphatic carbocycles. The maximum Gasteiger partial charge on any atom is 0.211 e. The highest BCUT2D eigenvalue weighted by molar-refractivity contribution is 14.1. The minimum absolute atomic E-state index is 0.0930. The first-order chi connectivity index (χ1) is 6.39. The van der Waals surface area contributed by atoms with Gasteiger partial charge in [0.2, 0.25) is 13.8 Å². The monoisotopic (exact) mass is 332 g/mol. The summed E-state index contributed by atoms with van der Waals surface area (Å²) in [6.07, 6.45) is 1.21. The van der Waals surface area contributed by atoms with Gasteiger partial charge in [0, 0.05) is 48.8 Å². The van der Waals surface area contributed by atoms with Crippen LogP contribution in [0.2, 0.25) is 0 Å². The molecule has 0 amide bonds. The van der Waals surface area contributed by atoms with Gasteiger partial charge in [0.15, 0.2) is 0 Å². The molecule has 1 saturated heterocycles. The molecule has 1 aliphatic heterocycles. The Hall–Kier alpha value is 0.270. The van der Waals surface area contributed by atoms with Gasteiger partial charge < -0.3 is 0 Å². The second-order valence-corrected chi connectivity index (χ2v) is 6.48. The van der Waals surface area contributed by atoms with Crippen LogP contribution in [-0.4, -0.2) is 60.4 Å². The number of rotatable bonds is 3. The van der Waals surface area contributed by atoms with Crippen LogP contribution in [0.3, 0.4) is 0 Å². The number of carbonyl (C=O) groups is 1. The summed E-state index contributed by atoms with van der Waals surface area (Å²) in [6.45, 7) is 2.67. The molecule has 1 aliphatic rings. The van der Waals surface area contributed by atoms with Crippen LogP contribution in [0.25, 0.3) is 0 Å². The van der Waals surface area contributed by atoms with E-state index >= 15 is 0 Å². The summed E-state index contributed by atoms with van der Waals surface area (Å²) >= 11 is 1.75. The Labute approximate surface area is 97.6 Å². The Bertz CT molecular complexity index is 309. The van der Waals surface area contributed by atoms with Crippen molar-refractivity contribution in [1.82, 2.24) is 9.21 Å². The first kappa shape index (κ1) is 12.3. The van der Waals surface area contributed by atoms with E-state index in [0.29, 0.717) is 32.7 Å². The predicted octanol–water partition coefficient (Wildman–Crippen LogP) is -0.475. The SMILES string of the molecule is CS(=O)(=O)N1CCN(CC(=O)I)CC1. The van der Waals surface area contributed by atoms with E-state index in [1.54, 1.807) is 22.6 Å². The fraction of sp³-hybridized carbons (Fsp3) is 0.857. The van der Waals surface area contributed by atoms with Crippen molar-refractivity contribution in [2.75, 3.05) is 39.0 Å². The van der Waals surface area contributed by atoms with E-state index in [-0.39, 0.29) is 3.79 Å². The Kier molecular flexibility index (Phi) is 4.29. The number of carbonyl (C=O) groups excluding carboxylic acids is 1. The molecule has 82 valence electrons. The summed E-state index contributed by atoms with van der Waals surface area (Å²) in [7, 11) is -3.06. The van der Waals surface area contributed by atoms with E-state index in [2.05, 4.69) is 0 Å². The molecule has 0 radical (unpaired) electrons. The molecule has 0 aromatic rings. The van der Waals surface area contributed by atoms with Gasteiger partial charge in [-0.2, -0.15) is 4.31 Å². The highest BCUT2D eigenvalue weighted by Crippen LogP contribution is 2.06. The van der Waals surface area contributed by atoms with Gasteiger partial charge >= 0.3 is 0 Å². The Morgan fingerprint density at radius 1 is 1.29 bits per heavy atom. The van der Waals surface area contributed by atoms with Crippen LogP contribution in [0.15, 0.2) is 0 Å². The van der Waals surface area contributed by atoms with Crippen LogP contribution < -0.4 is 0 Å². The largest absolute Gasteiger partial charge is 0.293 e. The van der Waals surface area contributed by atoms with Gasteiger partial charge in [-0.25, -0.2) is 8.42 Å². The molecule has 1 rings (SSSR count). The van der Waals surface area contributed by atoms with Crippen LogP contribution >= 0.6 is 22.6 Å². The van der Waals surface area contributed by atoms with Gasteiger partial charge in [-0.3, -0.25) is 9.69 Å². The second-order valence-electron chi connectivity index (χ2n) is 3.29. The first-order valence-electron chi connectivity index (χ1n) is 4.25. The van der Waals surface area contributed by atoms with Crippen LogP contribution in [0.5, 0.6) is 0 Å². The maximum absolute atomic E-state index is 11.2. The zero-order valence-corrected chi connectivity index (χ0v) is 10.9. The van der Waals surface area contributed by atoms with Crippen molar-refractivity contribution in [3.63, 3.8) is 0 Å². The van der Waals surface area contributed by atoms with E-state index in [0.717, 1.165) is 0 Å². The molecule has 0 bridgehead atoms. The number of hydrogen-bond donors (Lipinski definition) is 0. The van der Waals surface area contributed by atoms with Crippen LogP contribution in [0.1, 0.15) is 0 Å². The van der Waals surface area contributed by atoms with Crippen molar-refractivity contribution in [3.8, 4) is 0 Å². The molecule has 0 aromatic heterocycles. The number of hydrogen-bond acceptors (Lipinski definition) is 4. The first-order valence-corrected chi connectivity index (χ1v) is 7.18. The zero-order chi connectivity index (χ0) is 10.8. The number of nitrogens with zero attached hydrogens (tertiary/aromatic N) is 2. The van der Waals surface area contributed by atoms with Gasteiger partial charge in [0.25, 0.3) is 0 Å². The van der Waals surface area contributed by atoms with E-state index in [1.807, 2.05) is 4.90 Å². The van der Waals surface area contributed by atoms with Crippen molar-refractivity contribution < 1.29 is 13.2 Å². The lowest BCUT2D eigenvalue weighted by Crippen LogP contribution is -2.49. The lowest BCUT2D eigenvalue weighted by Gasteiger charge is -2.32. The summed E-state index contributed by atoms with van der Waals surface area (Å²) in [4.78, 5) is 12.8. The Morgan fingerprint density at radius 2 is 1.79 bits per heavy atom. The molecule has 1 heterocycles. The summed E-state index contributed by atoms with van der Waals surface area (Å²) in [5, 5.41) is 0. The molecule has 0 N–H and O–H groups in total. The van der Waals surface area contributed by atoms with Crippen molar-refractivity contribution >= 4 is 36.4 Å². The van der Waals surface area contributed by atoms with E-state index < -0.39 is 10.0 Å². The zero-order valence-electron chi connectivity index (χ0n) is 7.94.